The van der Waals surface area contributed by atoms with Crippen LogP contribution in [-0.4, -0.2) is 13.7 Å². The minimum Gasteiger partial charge on any atom is -0.497 e. The number of fused-ring (bicyclic) bond motifs is 1. The molecule has 2 aromatic carbocycles. The van der Waals surface area contributed by atoms with Gasteiger partial charge in [0.05, 0.1) is 19.3 Å². The van der Waals surface area contributed by atoms with Crippen LogP contribution in [0.15, 0.2) is 57.7 Å². The van der Waals surface area contributed by atoms with Gasteiger partial charge in [-0.3, -0.25) is 0 Å². The molecule has 4 nitrogen and oxygen atoms in total. The number of hydrogen-bond acceptors (Lipinski definition) is 4. The maximum atomic E-state index is 12.3. The Bertz CT molecular complexity index is 878. The molecular weight excluding hydrogens is 304 g/mol. The third-order valence-corrected chi connectivity index (χ3v) is 3.88. The zero-order chi connectivity index (χ0) is 16.9. The number of benzene rings is 2. The Morgan fingerprint density at radius 2 is 1.75 bits per heavy atom. The van der Waals surface area contributed by atoms with Crippen molar-refractivity contribution in [2.24, 2.45) is 0 Å². The second kappa shape index (κ2) is 7.21. The molecule has 4 heteroatoms. The zero-order valence-corrected chi connectivity index (χ0v) is 13.9. The highest BCUT2D eigenvalue weighted by Crippen LogP contribution is 2.25. The van der Waals surface area contributed by atoms with Crippen molar-refractivity contribution in [3.05, 3.63) is 59.0 Å². The van der Waals surface area contributed by atoms with E-state index in [0.29, 0.717) is 17.8 Å². The highest BCUT2D eigenvalue weighted by molar-refractivity contribution is 5.82. The van der Waals surface area contributed by atoms with E-state index < -0.39 is 0 Å². The van der Waals surface area contributed by atoms with E-state index in [9.17, 15) is 4.79 Å². The summed E-state index contributed by atoms with van der Waals surface area (Å²) in [5.74, 6) is 1.47. The van der Waals surface area contributed by atoms with E-state index in [1.165, 1.54) is 0 Å². The standard InChI is InChI=1S/C20H20O4/c1-3-4-11-23-17-10-7-15-12-18(20(21)24-19(15)13-17)14-5-8-16(22-2)9-6-14/h5-10,12-13H,3-4,11H2,1-2H3. The maximum Gasteiger partial charge on any atom is 0.344 e. The van der Waals surface area contributed by atoms with Gasteiger partial charge in [0.15, 0.2) is 0 Å². The number of hydrogen-bond donors (Lipinski definition) is 0. The van der Waals surface area contributed by atoms with Gasteiger partial charge in [-0.25, -0.2) is 4.79 Å². The van der Waals surface area contributed by atoms with Crippen LogP contribution in [0.4, 0.5) is 0 Å². The summed E-state index contributed by atoms with van der Waals surface area (Å²) in [4.78, 5) is 12.3. The van der Waals surface area contributed by atoms with Crippen molar-refractivity contribution in [3.63, 3.8) is 0 Å². The van der Waals surface area contributed by atoms with Crippen molar-refractivity contribution in [1.82, 2.24) is 0 Å². The molecule has 0 saturated carbocycles. The smallest absolute Gasteiger partial charge is 0.344 e. The van der Waals surface area contributed by atoms with Crippen molar-refractivity contribution < 1.29 is 13.9 Å². The van der Waals surface area contributed by atoms with E-state index in [1.807, 2.05) is 42.5 Å². The van der Waals surface area contributed by atoms with Gasteiger partial charge in [0, 0.05) is 11.5 Å². The van der Waals surface area contributed by atoms with Crippen LogP contribution in [0.25, 0.3) is 22.1 Å². The Hall–Kier alpha value is -2.75. The van der Waals surface area contributed by atoms with Crippen LogP contribution in [0, 0.1) is 0 Å². The summed E-state index contributed by atoms with van der Waals surface area (Å²) >= 11 is 0. The van der Waals surface area contributed by atoms with Crippen molar-refractivity contribution in [2.45, 2.75) is 19.8 Å². The molecule has 124 valence electrons. The predicted octanol–water partition coefficient (Wildman–Crippen LogP) is 4.65. The Balaban J connectivity index is 1.94. The summed E-state index contributed by atoms with van der Waals surface area (Å²) in [7, 11) is 1.61. The van der Waals surface area contributed by atoms with Gasteiger partial charge in [-0.15, -0.1) is 0 Å². The van der Waals surface area contributed by atoms with Crippen molar-refractivity contribution in [1.29, 1.82) is 0 Å². The molecule has 0 aliphatic carbocycles. The first-order chi connectivity index (χ1) is 11.7. The lowest BCUT2D eigenvalue weighted by molar-refractivity contribution is 0.309. The summed E-state index contributed by atoms with van der Waals surface area (Å²) in [6.45, 7) is 2.78. The zero-order valence-electron chi connectivity index (χ0n) is 13.9. The van der Waals surface area contributed by atoms with E-state index in [-0.39, 0.29) is 5.63 Å². The first-order valence-electron chi connectivity index (χ1n) is 8.06. The largest absolute Gasteiger partial charge is 0.497 e. The lowest BCUT2D eigenvalue weighted by Gasteiger charge is -2.07. The van der Waals surface area contributed by atoms with Gasteiger partial charge in [-0.2, -0.15) is 0 Å². The summed E-state index contributed by atoms with van der Waals surface area (Å²) in [6, 6.07) is 14.8. The minimum absolute atomic E-state index is 0.363. The SMILES string of the molecule is CCCCOc1ccc2cc(-c3ccc(OC)cc3)c(=O)oc2c1. The molecule has 1 aromatic heterocycles. The molecule has 0 unspecified atom stereocenters. The average Bonchev–Trinajstić information content (AvgIpc) is 2.61. The highest BCUT2D eigenvalue weighted by atomic mass is 16.5. The Morgan fingerprint density at radius 3 is 2.46 bits per heavy atom. The van der Waals surface area contributed by atoms with Gasteiger partial charge in [0.2, 0.25) is 0 Å². The number of rotatable bonds is 6. The molecule has 24 heavy (non-hydrogen) atoms. The third-order valence-electron chi connectivity index (χ3n) is 3.88. The molecule has 0 atom stereocenters. The van der Waals surface area contributed by atoms with E-state index in [0.717, 1.165) is 35.3 Å². The number of methoxy groups -OCH3 is 1. The maximum absolute atomic E-state index is 12.3. The van der Waals surface area contributed by atoms with Crippen LogP contribution < -0.4 is 15.1 Å². The van der Waals surface area contributed by atoms with Crippen LogP contribution in [0.3, 0.4) is 0 Å². The molecule has 0 amide bonds. The average molecular weight is 324 g/mol. The summed E-state index contributed by atoms with van der Waals surface area (Å²) in [5, 5.41) is 0.864. The summed E-state index contributed by atoms with van der Waals surface area (Å²) in [5.41, 5.74) is 1.50. The summed E-state index contributed by atoms with van der Waals surface area (Å²) < 4.78 is 16.3. The van der Waals surface area contributed by atoms with Gasteiger partial charge >= 0.3 is 5.63 Å². The van der Waals surface area contributed by atoms with Crippen molar-refractivity contribution in [2.75, 3.05) is 13.7 Å². The van der Waals surface area contributed by atoms with Gasteiger partial charge in [0.25, 0.3) is 0 Å². The van der Waals surface area contributed by atoms with Gasteiger partial charge in [-0.05, 0) is 42.3 Å². The Labute approximate surface area is 140 Å². The molecule has 0 spiro atoms. The second-order valence-corrected chi connectivity index (χ2v) is 5.58. The fraction of sp³-hybridized carbons (Fsp3) is 0.250. The third kappa shape index (κ3) is 3.43. The second-order valence-electron chi connectivity index (χ2n) is 5.58. The molecule has 0 saturated heterocycles. The van der Waals surface area contributed by atoms with Gasteiger partial charge in [-0.1, -0.05) is 25.5 Å². The lowest BCUT2D eigenvalue weighted by atomic mass is 10.1. The van der Waals surface area contributed by atoms with Crippen LogP contribution >= 0.6 is 0 Å². The first kappa shape index (κ1) is 16.1. The fourth-order valence-corrected chi connectivity index (χ4v) is 2.49. The van der Waals surface area contributed by atoms with Crippen molar-refractivity contribution >= 4 is 11.0 Å². The molecule has 3 rings (SSSR count). The normalized spacial score (nSPS) is 10.8. The van der Waals surface area contributed by atoms with E-state index in [1.54, 1.807) is 13.2 Å². The van der Waals surface area contributed by atoms with Crippen molar-refractivity contribution in [3.8, 4) is 22.6 Å². The van der Waals surface area contributed by atoms with Crippen LogP contribution in [0.5, 0.6) is 11.5 Å². The lowest BCUT2D eigenvalue weighted by Crippen LogP contribution is -2.03. The fourth-order valence-electron chi connectivity index (χ4n) is 2.49. The number of ether oxygens (including phenoxy) is 2. The highest BCUT2D eigenvalue weighted by Gasteiger charge is 2.09. The van der Waals surface area contributed by atoms with Crippen LogP contribution in [0.2, 0.25) is 0 Å². The molecule has 0 aliphatic rings. The molecule has 1 heterocycles. The van der Waals surface area contributed by atoms with Gasteiger partial charge in [0.1, 0.15) is 17.1 Å². The van der Waals surface area contributed by atoms with E-state index in [2.05, 4.69) is 6.92 Å². The van der Waals surface area contributed by atoms with Crippen LogP contribution in [-0.2, 0) is 0 Å². The van der Waals surface area contributed by atoms with Crippen LogP contribution in [0.1, 0.15) is 19.8 Å². The minimum atomic E-state index is -0.363. The first-order valence-corrected chi connectivity index (χ1v) is 8.06. The topological polar surface area (TPSA) is 48.7 Å². The van der Waals surface area contributed by atoms with E-state index in [4.69, 9.17) is 13.9 Å². The Kier molecular flexibility index (Phi) is 4.85. The quantitative estimate of drug-likeness (QED) is 0.489. The molecule has 0 N–H and O–H groups in total. The molecule has 0 aliphatic heterocycles. The number of unbranched alkanes of at least 4 members (excludes halogenated alkanes) is 1. The predicted molar refractivity (Wildman–Crippen MR) is 94.9 cm³/mol. The molecular formula is C20H20O4. The molecule has 0 fully saturated rings. The van der Waals surface area contributed by atoms with Gasteiger partial charge < -0.3 is 13.9 Å². The summed E-state index contributed by atoms with van der Waals surface area (Å²) in [6.07, 6.45) is 2.08. The Morgan fingerprint density at radius 1 is 1.00 bits per heavy atom. The molecule has 3 aromatic rings. The monoisotopic (exact) mass is 324 g/mol. The molecule has 0 bridgehead atoms. The molecule has 0 radical (unpaired) electrons. The van der Waals surface area contributed by atoms with E-state index >= 15 is 0 Å².